The Hall–Kier alpha value is -11.6. The third-order valence-electron chi connectivity index (χ3n) is 23.0. The van der Waals surface area contributed by atoms with Gasteiger partial charge in [0.05, 0.1) is 56.2 Å². The van der Waals surface area contributed by atoms with Crippen molar-refractivity contribution >= 4 is 179 Å². The van der Waals surface area contributed by atoms with Gasteiger partial charge in [-0.05, 0) is 140 Å². The number of anilines is 6. The minimum Gasteiger partial charge on any atom is -0.310 e. The van der Waals surface area contributed by atoms with Gasteiger partial charge >= 0.3 is 0 Å². The molecule has 0 atom stereocenters. The monoisotopic (exact) mass is 1230 g/mol. The van der Waals surface area contributed by atoms with Crippen LogP contribution in [-0.4, -0.2) is 31.7 Å². The maximum Gasteiger partial charge on any atom is 0.252 e. The lowest BCUT2D eigenvalue weighted by atomic mass is 9.34. The van der Waals surface area contributed by atoms with Crippen LogP contribution in [0.1, 0.15) is 25.0 Å². The number of fused-ring (bicyclic) bond motifs is 24. The second-order valence-corrected chi connectivity index (χ2v) is 28.9. The van der Waals surface area contributed by atoms with Gasteiger partial charge in [-0.3, -0.25) is 0 Å². The number of para-hydroxylation sites is 10. The Bertz CT molecular complexity index is 6520. The molecule has 0 spiro atoms. The molecule has 0 saturated heterocycles. The highest BCUT2D eigenvalue weighted by Gasteiger charge is 2.46. The lowest BCUT2D eigenvalue weighted by Gasteiger charge is -2.43. The van der Waals surface area contributed by atoms with E-state index in [2.05, 4.69) is 321 Å². The number of nitrogens with zero attached hydrogens (tertiary/aromatic N) is 6. The number of benzene rings is 14. The summed E-state index contributed by atoms with van der Waals surface area (Å²) in [4.78, 5) is 7.62. The molecule has 0 radical (unpaired) electrons. The van der Waals surface area contributed by atoms with Crippen LogP contribution in [0.5, 0.6) is 0 Å². The molecule has 442 valence electrons. The quantitative estimate of drug-likeness (QED) is 0.165. The van der Waals surface area contributed by atoms with E-state index in [1.807, 2.05) is 11.8 Å². The zero-order valence-electron chi connectivity index (χ0n) is 52.3. The van der Waals surface area contributed by atoms with Gasteiger partial charge in [-0.1, -0.05) is 220 Å². The minimum atomic E-state index is -0.198. The van der Waals surface area contributed by atoms with Gasteiger partial charge in [-0.2, -0.15) is 0 Å². The average Bonchev–Trinajstić information content (AvgIpc) is 1.43. The smallest absolute Gasteiger partial charge is 0.252 e. The molecule has 9 heteroatoms. The van der Waals surface area contributed by atoms with Gasteiger partial charge in [0.15, 0.2) is 0 Å². The van der Waals surface area contributed by atoms with E-state index in [0.29, 0.717) is 0 Å². The lowest BCUT2D eigenvalue weighted by molar-refractivity contribution is 0.632. The molecule has 18 aromatic rings. The van der Waals surface area contributed by atoms with Gasteiger partial charge in [0.1, 0.15) is 0 Å². The molecular weight excluding hydrogens is 1180 g/mol. The summed E-state index contributed by atoms with van der Waals surface area (Å²) < 4.78 is 10.5. The van der Waals surface area contributed by atoms with E-state index < -0.39 is 0 Å². The SMILES string of the molecule is CC1(C)c2ccccc2N(c2cc3c4c(c2)-n2c5ccccc5c5cc(-c6cccc7c6Sc6ccccc6N7c6cc7c8c(c6)-n6c9ccccc9c9cccc(c96)B8c6cccc8c9ccccc9n-7c68)cc(c52)B4c2cccc4c5ccccc5n-3c24)c2ccccc21. The summed E-state index contributed by atoms with van der Waals surface area (Å²) in [5.41, 5.74) is 35.0. The Kier molecular flexibility index (Phi) is 9.31. The van der Waals surface area contributed by atoms with Crippen molar-refractivity contribution in [2.75, 3.05) is 9.80 Å². The highest BCUT2D eigenvalue weighted by Crippen LogP contribution is 2.57. The molecular formula is C87H52B2N6S. The predicted molar refractivity (Wildman–Crippen MR) is 404 cm³/mol. The van der Waals surface area contributed by atoms with Crippen molar-refractivity contribution in [1.29, 1.82) is 0 Å². The third kappa shape index (κ3) is 6.00. The summed E-state index contributed by atoms with van der Waals surface area (Å²) in [5, 5.41) is 10.2. The molecule has 0 amide bonds. The molecule has 14 aromatic carbocycles. The topological polar surface area (TPSA) is 26.2 Å². The molecule has 10 heterocycles. The van der Waals surface area contributed by atoms with Crippen molar-refractivity contribution < 1.29 is 0 Å². The zero-order chi connectivity index (χ0) is 62.3. The van der Waals surface area contributed by atoms with E-state index in [1.165, 1.54) is 198 Å². The van der Waals surface area contributed by atoms with Crippen LogP contribution in [-0.2, 0) is 5.41 Å². The Labute approximate surface area is 556 Å². The molecule has 24 rings (SSSR count). The molecule has 96 heavy (non-hydrogen) atoms. The molecule has 0 saturated carbocycles. The van der Waals surface area contributed by atoms with Crippen LogP contribution in [0.4, 0.5) is 34.1 Å². The van der Waals surface area contributed by atoms with Crippen molar-refractivity contribution in [3.05, 3.63) is 290 Å². The highest BCUT2D eigenvalue weighted by molar-refractivity contribution is 8.00. The van der Waals surface area contributed by atoms with Gasteiger partial charge in [-0.15, -0.1) is 0 Å². The molecule has 0 fully saturated rings. The zero-order valence-corrected chi connectivity index (χ0v) is 53.1. The second-order valence-electron chi connectivity index (χ2n) is 27.8. The molecule has 0 unspecified atom stereocenters. The van der Waals surface area contributed by atoms with Crippen LogP contribution >= 0.6 is 11.8 Å². The molecule has 0 bridgehead atoms. The van der Waals surface area contributed by atoms with Crippen LogP contribution in [0.15, 0.2) is 289 Å². The first-order chi connectivity index (χ1) is 47.4. The fourth-order valence-corrected chi connectivity index (χ4v) is 20.5. The summed E-state index contributed by atoms with van der Waals surface area (Å²) >= 11 is 1.91. The molecule has 4 aromatic heterocycles. The van der Waals surface area contributed by atoms with E-state index in [-0.39, 0.29) is 18.8 Å². The molecule has 6 nitrogen and oxygen atoms in total. The predicted octanol–water partition coefficient (Wildman–Crippen LogP) is 18.1. The fraction of sp³-hybridized carbons (Fsp3) is 0.0345. The van der Waals surface area contributed by atoms with Gasteiger partial charge < -0.3 is 28.1 Å². The van der Waals surface area contributed by atoms with E-state index >= 15 is 0 Å². The average molecular weight is 1240 g/mol. The third-order valence-corrected chi connectivity index (χ3v) is 24.2. The standard InChI is InChI=1S/C87H52B2N6S/c1-87(2)61-29-7-13-38-71(61)90(72-39-14-8-30-62(72)87)50-45-77-81-78(46-50)95-70-37-12-6-24-56(70)60-43-49(44-66(85(60)95)89(81)65-33-19-28-59-55-23-5-11-36-69(55)94(77)84(59)65)52-25-20-41-74-86(52)96-79-42-16-15-40-73(79)91(74)51-47-75-80-76(48-51)93-68-35-10-4-22-54(68)58-27-18-32-64(83(58)93)88(80)63-31-17-26-57-53-21-3-9-34-67(53)92(75)82(57)63/h3-48H,1-2H3. The number of rotatable bonds is 3. The number of aromatic nitrogens is 4. The van der Waals surface area contributed by atoms with Crippen molar-refractivity contribution in [2.24, 2.45) is 0 Å². The maximum absolute atomic E-state index is 2.64. The first-order valence-corrected chi connectivity index (χ1v) is 34.5. The van der Waals surface area contributed by atoms with E-state index in [0.717, 1.165) is 11.4 Å². The van der Waals surface area contributed by atoms with Crippen LogP contribution in [0, 0.1) is 0 Å². The first-order valence-electron chi connectivity index (χ1n) is 33.6. The van der Waals surface area contributed by atoms with Crippen LogP contribution < -0.4 is 42.6 Å². The van der Waals surface area contributed by atoms with Gasteiger partial charge in [0.25, 0.3) is 13.4 Å². The van der Waals surface area contributed by atoms with Crippen LogP contribution in [0.3, 0.4) is 0 Å². The maximum atomic E-state index is 2.64. The normalized spacial score (nSPS) is 14.5. The van der Waals surface area contributed by atoms with Crippen LogP contribution in [0.25, 0.3) is 121 Å². The molecule has 6 aliphatic heterocycles. The Morgan fingerprint density at radius 3 is 1.15 bits per heavy atom. The van der Waals surface area contributed by atoms with E-state index in [9.17, 15) is 0 Å². The Balaban J connectivity index is 0.771. The summed E-state index contributed by atoms with van der Waals surface area (Å²) in [6.07, 6.45) is 0. The Morgan fingerprint density at radius 2 is 0.656 bits per heavy atom. The van der Waals surface area contributed by atoms with E-state index in [4.69, 9.17) is 0 Å². The van der Waals surface area contributed by atoms with Gasteiger partial charge in [0, 0.05) is 103 Å². The summed E-state index contributed by atoms with van der Waals surface area (Å²) in [7, 11) is 0. The molecule has 6 aliphatic rings. The first kappa shape index (κ1) is 50.9. The molecule has 0 aliphatic carbocycles. The summed E-state index contributed by atoms with van der Waals surface area (Å²) in [6.45, 7) is 4.73. The highest BCUT2D eigenvalue weighted by atomic mass is 32.2. The minimum absolute atomic E-state index is 0.0389. The molecule has 0 N–H and O–H groups in total. The van der Waals surface area contributed by atoms with Crippen molar-refractivity contribution in [2.45, 2.75) is 29.1 Å². The number of hydrogen-bond acceptors (Lipinski definition) is 3. The van der Waals surface area contributed by atoms with Crippen molar-refractivity contribution in [1.82, 2.24) is 18.3 Å². The van der Waals surface area contributed by atoms with Crippen LogP contribution in [0.2, 0.25) is 0 Å². The Morgan fingerprint density at radius 1 is 0.292 bits per heavy atom. The fourth-order valence-electron chi connectivity index (χ4n) is 19.3. The van der Waals surface area contributed by atoms with Gasteiger partial charge in [-0.25, -0.2) is 0 Å². The van der Waals surface area contributed by atoms with Crippen molar-refractivity contribution in [3.63, 3.8) is 0 Å². The van der Waals surface area contributed by atoms with Gasteiger partial charge in [0.2, 0.25) is 0 Å². The largest absolute Gasteiger partial charge is 0.310 e. The van der Waals surface area contributed by atoms with E-state index in [1.54, 1.807) is 0 Å². The summed E-state index contributed by atoms with van der Waals surface area (Å²) in [5.74, 6) is 0. The lowest BCUT2D eigenvalue weighted by Crippen LogP contribution is -2.59. The van der Waals surface area contributed by atoms with Crippen molar-refractivity contribution in [3.8, 4) is 33.9 Å². The summed E-state index contributed by atoms with van der Waals surface area (Å²) in [6, 6.07) is 107. The second kappa shape index (κ2) is 17.6. The number of hydrogen-bond donors (Lipinski definition) is 0.